The molecule has 1 amide bonds. The van der Waals surface area contributed by atoms with Crippen LogP contribution in [0, 0.1) is 0 Å². The molecule has 0 saturated carbocycles. The summed E-state index contributed by atoms with van der Waals surface area (Å²) < 4.78 is 20.7. The highest BCUT2D eigenvalue weighted by molar-refractivity contribution is 6.01. The van der Waals surface area contributed by atoms with Crippen LogP contribution in [0.15, 0.2) is 36.4 Å². The number of amides is 1. The van der Waals surface area contributed by atoms with Crippen molar-refractivity contribution in [3.63, 3.8) is 0 Å². The fraction of sp³-hybridized carbons (Fsp3) is 0.250. The van der Waals surface area contributed by atoms with Gasteiger partial charge in [-0.05, 0) is 35.9 Å². The molecule has 3 rings (SSSR count). The molecule has 8 heteroatoms. The van der Waals surface area contributed by atoms with E-state index < -0.39 is 12.6 Å². The van der Waals surface area contributed by atoms with Gasteiger partial charge in [-0.3, -0.25) is 14.4 Å². The Morgan fingerprint density at radius 2 is 1.86 bits per heavy atom. The fourth-order valence-electron chi connectivity index (χ4n) is 2.69. The Morgan fingerprint density at radius 3 is 2.61 bits per heavy atom. The van der Waals surface area contributed by atoms with E-state index in [0.29, 0.717) is 34.1 Å². The van der Waals surface area contributed by atoms with Crippen LogP contribution < -0.4 is 19.5 Å². The molecule has 0 aliphatic carbocycles. The number of rotatable bonds is 7. The van der Waals surface area contributed by atoms with Crippen LogP contribution in [0.2, 0.25) is 0 Å². The molecule has 0 aromatic heterocycles. The van der Waals surface area contributed by atoms with Crippen LogP contribution in [-0.4, -0.2) is 45.1 Å². The standard InChI is InChI=1S/C20H19NO7/c1-25-17-5-3-12(7-18(17)26-2)8-20(24)28-10-15(22)13-4-6-16-14(9-13)21-19(23)11-27-16/h3-7,9H,8,10-11H2,1-2H3,(H,21,23). The second kappa shape index (κ2) is 8.43. The smallest absolute Gasteiger partial charge is 0.310 e. The molecular formula is C20H19NO7. The van der Waals surface area contributed by atoms with E-state index in [2.05, 4.69) is 5.32 Å². The van der Waals surface area contributed by atoms with Crippen molar-refractivity contribution in [1.82, 2.24) is 0 Å². The summed E-state index contributed by atoms with van der Waals surface area (Å²) in [5, 5.41) is 2.63. The monoisotopic (exact) mass is 385 g/mol. The third-order valence-corrected chi connectivity index (χ3v) is 4.10. The molecule has 2 aromatic rings. The molecule has 0 radical (unpaired) electrons. The second-order valence-electron chi connectivity index (χ2n) is 6.00. The van der Waals surface area contributed by atoms with Gasteiger partial charge in [0.15, 0.2) is 30.5 Å². The van der Waals surface area contributed by atoms with Gasteiger partial charge in [0.05, 0.1) is 26.3 Å². The van der Waals surface area contributed by atoms with Gasteiger partial charge >= 0.3 is 5.97 Å². The lowest BCUT2D eigenvalue weighted by Gasteiger charge is -2.18. The van der Waals surface area contributed by atoms with Crippen molar-refractivity contribution in [3.05, 3.63) is 47.5 Å². The van der Waals surface area contributed by atoms with E-state index in [1.165, 1.54) is 20.3 Å². The summed E-state index contributed by atoms with van der Waals surface area (Å²) in [5.74, 6) is 0.318. The average molecular weight is 385 g/mol. The maximum atomic E-state index is 12.3. The van der Waals surface area contributed by atoms with Gasteiger partial charge < -0.3 is 24.3 Å². The molecule has 28 heavy (non-hydrogen) atoms. The average Bonchev–Trinajstić information content (AvgIpc) is 2.71. The fourth-order valence-corrected chi connectivity index (χ4v) is 2.69. The largest absolute Gasteiger partial charge is 0.493 e. The lowest BCUT2D eigenvalue weighted by atomic mass is 10.1. The Morgan fingerprint density at radius 1 is 1.07 bits per heavy atom. The van der Waals surface area contributed by atoms with Gasteiger partial charge in [-0.1, -0.05) is 6.07 Å². The number of benzene rings is 2. The van der Waals surface area contributed by atoms with Gasteiger partial charge in [0.2, 0.25) is 0 Å². The predicted octanol–water partition coefficient (Wildman–Crippen LogP) is 2.00. The first-order valence-electron chi connectivity index (χ1n) is 8.46. The highest BCUT2D eigenvalue weighted by Gasteiger charge is 2.18. The normalized spacial score (nSPS) is 12.3. The first kappa shape index (κ1) is 19.2. The van der Waals surface area contributed by atoms with Crippen LogP contribution >= 0.6 is 0 Å². The van der Waals surface area contributed by atoms with Crippen LogP contribution in [0.3, 0.4) is 0 Å². The van der Waals surface area contributed by atoms with Crippen molar-refractivity contribution in [1.29, 1.82) is 0 Å². The third kappa shape index (κ3) is 4.40. The minimum absolute atomic E-state index is 0.0122. The summed E-state index contributed by atoms with van der Waals surface area (Å²) in [6.07, 6.45) is -0.0122. The van der Waals surface area contributed by atoms with Crippen molar-refractivity contribution >= 4 is 23.3 Å². The van der Waals surface area contributed by atoms with E-state index in [1.54, 1.807) is 30.3 Å². The SMILES string of the molecule is COc1ccc(CC(=O)OCC(=O)c2ccc3c(c2)NC(=O)CO3)cc1OC. The van der Waals surface area contributed by atoms with Crippen molar-refractivity contribution in [3.8, 4) is 17.2 Å². The molecule has 2 aromatic carbocycles. The molecule has 8 nitrogen and oxygen atoms in total. The molecule has 0 unspecified atom stereocenters. The number of hydrogen-bond donors (Lipinski definition) is 1. The number of carbonyl (C=O) groups excluding carboxylic acids is 3. The van der Waals surface area contributed by atoms with Crippen molar-refractivity contribution in [2.24, 2.45) is 0 Å². The quantitative estimate of drug-likeness (QED) is 0.575. The number of ketones is 1. The number of fused-ring (bicyclic) bond motifs is 1. The number of ether oxygens (including phenoxy) is 4. The number of methoxy groups -OCH3 is 2. The zero-order valence-electron chi connectivity index (χ0n) is 15.4. The number of esters is 1. The summed E-state index contributed by atoms with van der Waals surface area (Å²) in [4.78, 5) is 35.7. The third-order valence-electron chi connectivity index (χ3n) is 4.10. The number of hydrogen-bond acceptors (Lipinski definition) is 7. The Kier molecular flexibility index (Phi) is 5.78. The Balaban J connectivity index is 1.58. The Hall–Kier alpha value is -3.55. The summed E-state index contributed by atoms with van der Waals surface area (Å²) in [5.41, 5.74) is 1.39. The summed E-state index contributed by atoms with van der Waals surface area (Å²) in [6, 6.07) is 9.73. The molecule has 0 atom stereocenters. The van der Waals surface area contributed by atoms with E-state index in [9.17, 15) is 14.4 Å². The van der Waals surface area contributed by atoms with E-state index in [4.69, 9.17) is 18.9 Å². The molecule has 146 valence electrons. The minimum Gasteiger partial charge on any atom is -0.493 e. The molecule has 0 spiro atoms. The van der Waals surface area contributed by atoms with Crippen molar-refractivity contribution < 1.29 is 33.3 Å². The van der Waals surface area contributed by atoms with Crippen molar-refractivity contribution in [2.75, 3.05) is 32.8 Å². The minimum atomic E-state index is -0.546. The highest BCUT2D eigenvalue weighted by atomic mass is 16.5. The summed E-state index contributed by atoms with van der Waals surface area (Å²) in [7, 11) is 3.03. The van der Waals surface area contributed by atoms with Gasteiger partial charge in [0.25, 0.3) is 5.91 Å². The van der Waals surface area contributed by atoms with Crippen molar-refractivity contribution in [2.45, 2.75) is 6.42 Å². The Bertz CT molecular complexity index is 923. The summed E-state index contributed by atoms with van der Waals surface area (Å²) >= 11 is 0. The zero-order valence-corrected chi connectivity index (χ0v) is 15.4. The number of carbonyl (C=O) groups is 3. The van der Waals surface area contributed by atoms with Crippen LogP contribution in [0.25, 0.3) is 0 Å². The lowest BCUT2D eigenvalue weighted by Crippen LogP contribution is -2.25. The molecule has 0 bridgehead atoms. The van der Waals surface area contributed by atoms with Crippen LogP contribution in [0.1, 0.15) is 15.9 Å². The molecule has 0 fully saturated rings. The first-order valence-corrected chi connectivity index (χ1v) is 8.46. The number of nitrogens with one attached hydrogen (secondary N) is 1. The van der Waals surface area contributed by atoms with Crippen LogP contribution in [-0.2, 0) is 20.7 Å². The lowest BCUT2D eigenvalue weighted by molar-refractivity contribution is -0.141. The maximum Gasteiger partial charge on any atom is 0.310 e. The van der Waals surface area contributed by atoms with Gasteiger partial charge in [0.1, 0.15) is 5.75 Å². The Labute approximate surface area is 161 Å². The molecule has 1 aliphatic heterocycles. The predicted molar refractivity (Wildman–Crippen MR) is 99.1 cm³/mol. The van der Waals surface area contributed by atoms with E-state index in [0.717, 1.165) is 0 Å². The second-order valence-corrected chi connectivity index (χ2v) is 6.00. The van der Waals surface area contributed by atoms with E-state index in [1.807, 2.05) is 0 Å². The van der Waals surface area contributed by atoms with Gasteiger partial charge in [-0.15, -0.1) is 0 Å². The molecule has 1 aliphatic rings. The van der Waals surface area contributed by atoms with E-state index >= 15 is 0 Å². The number of anilines is 1. The van der Waals surface area contributed by atoms with E-state index in [-0.39, 0.29) is 24.7 Å². The molecule has 1 heterocycles. The maximum absolute atomic E-state index is 12.3. The van der Waals surface area contributed by atoms with Gasteiger partial charge in [-0.25, -0.2) is 0 Å². The number of Topliss-reactive ketones (excluding diaryl/α,β-unsaturated/α-hetero) is 1. The molecular weight excluding hydrogens is 366 g/mol. The van der Waals surface area contributed by atoms with Gasteiger partial charge in [0, 0.05) is 5.56 Å². The highest BCUT2D eigenvalue weighted by Crippen LogP contribution is 2.29. The zero-order chi connectivity index (χ0) is 20.1. The summed E-state index contributed by atoms with van der Waals surface area (Å²) in [6.45, 7) is -0.465. The van der Waals surface area contributed by atoms with Gasteiger partial charge in [-0.2, -0.15) is 0 Å². The van der Waals surface area contributed by atoms with Crippen LogP contribution in [0.4, 0.5) is 5.69 Å². The molecule has 1 N–H and O–H groups in total. The topological polar surface area (TPSA) is 100 Å². The van der Waals surface area contributed by atoms with Crippen LogP contribution in [0.5, 0.6) is 17.2 Å². The molecule has 0 saturated heterocycles. The first-order chi connectivity index (χ1) is 13.5.